The van der Waals surface area contributed by atoms with Crippen LogP contribution in [-0.4, -0.2) is 69.7 Å². The number of aliphatic hydroxyl groups is 1. The summed E-state index contributed by atoms with van der Waals surface area (Å²) in [5.74, 6) is -0.0703. The first-order valence-electron chi connectivity index (χ1n) is 11.1. The summed E-state index contributed by atoms with van der Waals surface area (Å²) in [6.45, 7) is 0.500. The van der Waals surface area contributed by atoms with Gasteiger partial charge < -0.3 is 20.2 Å². The smallest absolute Gasteiger partial charge is 0.318 e. The van der Waals surface area contributed by atoms with E-state index >= 15 is 0 Å². The minimum absolute atomic E-state index is 0.0129. The zero-order valence-corrected chi connectivity index (χ0v) is 17.5. The van der Waals surface area contributed by atoms with E-state index < -0.39 is 0 Å². The van der Waals surface area contributed by atoms with Gasteiger partial charge in [-0.25, -0.2) is 4.79 Å². The molecule has 2 N–H and O–H groups in total. The number of carbonyl (C=O) groups is 2. The second-order valence-electron chi connectivity index (χ2n) is 8.82. The van der Waals surface area contributed by atoms with Crippen LogP contribution in [0.25, 0.3) is 11.1 Å². The summed E-state index contributed by atoms with van der Waals surface area (Å²) < 4.78 is 0. The number of fused-ring (bicyclic) bond motifs is 1. The number of benzene rings is 1. The molecule has 3 aliphatic rings. The first-order valence-corrected chi connectivity index (χ1v) is 11.1. The van der Waals surface area contributed by atoms with Crippen LogP contribution in [0.4, 0.5) is 4.79 Å². The van der Waals surface area contributed by atoms with Crippen molar-refractivity contribution in [3.05, 3.63) is 54.4 Å². The Kier molecular flexibility index (Phi) is 5.36. The molecule has 3 fully saturated rings. The van der Waals surface area contributed by atoms with E-state index in [-0.39, 0.29) is 49.1 Å². The van der Waals surface area contributed by atoms with Crippen LogP contribution >= 0.6 is 0 Å². The molecule has 7 heteroatoms. The van der Waals surface area contributed by atoms with Crippen molar-refractivity contribution in [3.63, 3.8) is 0 Å². The normalized spacial score (nSPS) is 25.8. The van der Waals surface area contributed by atoms with E-state index in [2.05, 4.69) is 34.6 Å². The van der Waals surface area contributed by atoms with Crippen molar-refractivity contribution < 1.29 is 14.7 Å². The van der Waals surface area contributed by atoms with Gasteiger partial charge in [-0.3, -0.25) is 9.78 Å². The van der Waals surface area contributed by atoms with Gasteiger partial charge in [-0.2, -0.15) is 0 Å². The number of aliphatic hydroxyl groups excluding tert-OH is 1. The van der Waals surface area contributed by atoms with E-state index in [9.17, 15) is 14.7 Å². The third-order valence-electron chi connectivity index (χ3n) is 7.01. The standard InChI is InChI=1S/C24H28N4O3/c29-15-21-23(17-9-7-16(8-10-17)18-4-3-11-25-12-18)20-13-27(14-22(30)28(20)21)24(31)26-19-5-1-2-6-19/h3-4,7-12,19-21,23,29H,1-2,5-6,13-15H2,(H,26,31)/t20-,21+,23-/m0/s1. The molecule has 1 saturated carbocycles. The van der Waals surface area contributed by atoms with Gasteiger partial charge in [0.25, 0.3) is 0 Å². The molecule has 2 aliphatic heterocycles. The maximum atomic E-state index is 12.8. The summed E-state index contributed by atoms with van der Waals surface area (Å²) >= 11 is 0. The van der Waals surface area contributed by atoms with Crippen molar-refractivity contribution in [1.29, 1.82) is 0 Å². The third kappa shape index (κ3) is 3.67. The number of hydrogen-bond donors (Lipinski definition) is 2. The number of carbonyl (C=O) groups excluding carboxylic acids is 2. The minimum atomic E-state index is -0.234. The molecule has 5 rings (SSSR count). The first kappa shape index (κ1) is 20.0. The number of nitrogens with zero attached hydrogens (tertiary/aromatic N) is 3. The SMILES string of the molecule is O=C(NC1CCCC1)N1CC(=O)N2[C@H](CO)[C@@H](c3ccc(-c4cccnc4)cc3)[C@@H]2C1. The van der Waals surface area contributed by atoms with Crippen LogP contribution in [0, 0.1) is 0 Å². The Balaban J connectivity index is 1.33. The molecule has 2 aromatic rings. The fourth-order valence-electron chi connectivity index (χ4n) is 5.42. The van der Waals surface area contributed by atoms with E-state index in [0.29, 0.717) is 6.54 Å². The number of aromatic nitrogens is 1. The molecule has 7 nitrogen and oxygen atoms in total. The summed E-state index contributed by atoms with van der Waals surface area (Å²) in [6.07, 6.45) is 7.91. The van der Waals surface area contributed by atoms with Gasteiger partial charge in [0, 0.05) is 30.9 Å². The van der Waals surface area contributed by atoms with Gasteiger partial charge in [0.1, 0.15) is 6.54 Å². The van der Waals surface area contributed by atoms with E-state index in [0.717, 1.165) is 42.4 Å². The summed E-state index contributed by atoms with van der Waals surface area (Å²) in [5.41, 5.74) is 3.20. The van der Waals surface area contributed by atoms with Crippen molar-refractivity contribution in [2.45, 2.75) is 49.7 Å². The van der Waals surface area contributed by atoms with Crippen LogP contribution in [0.3, 0.4) is 0 Å². The topological polar surface area (TPSA) is 85.8 Å². The Morgan fingerprint density at radius 3 is 2.58 bits per heavy atom. The molecule has 3 atom stereocenters. The maximum absolute atomic E-state index is 12.8. The average Bonchev–Trinajstić information content (AvgIpc) is 3.29. The zero-order valence-electron chi connectivity index (χ0n) is 17.5. The van der Waals surface area contributed by atoms with Gasteiger partial charge in [-0.1, -0.05) is 43.2 Å². The molecule has 0 radical (unpaired) electrons. The van der Waals surface area contributed by atoms with Gasteiger partial charge in [0.2, 0.25) is 5.91 Å². The van der Waals surface area contributed by atoms with Crippen LogP contribution in [0.1, 0.15) is 37.2 Å². The van der Waals surface area contributed by atoms with E-state index in [1.165, 1.54) is 0 Å². The molecule has 0 unspecified atom stereocenters. The molecule has 2 saturated heterocycles. The van der Waals surface area contributed by atoms with Crippen molar-refractivity contribution in [2.75, 3.05) is 19.7 Å². The number of rotatable bonds is 4. The molecule has 0 bridgehead atoms. The van der Waals surface area contributed by atoms with Gasteiger partial charge in [-0.15, -0.1) is 0 Å². The molecule has 1 aromatic carbocycles. The van der Waals surface area contributed by atoms with Crippen LogP contribution in [0.15, 0.2) is 48.8 Å². The lowest BCUT2D eigenvalue weighted by atomic mass is 9.73. The fraction of sp³-hybridized carbons (Fsp3) is 0.458. The highest BCUT2D eigenvalue weighted by molar-refractivity contribution is 5.87. The molecule has 1 aromatic heterocycles. The summed E-state index contributed by atoms with van der Waals surface area (Å²) in [6, 6.07) is 11.9. The lowest BCUT2D eigenvalue weighted by Crippen LogP contribution is -2.74. The molecule has 162 valence electrons. The molecular formula is C24H28N4O3. The Morgan fingerprint density at radius 2 is 1.90 bits per heavy atom. The molecule has 3 heterocycles. The minimum Gasteiger partial charge on any atom is -0.394 e. The molecule has 1 aliphatic carbocycles. The summed E-state index contributed by atoms with van der Waals surface area (Å²) in [5, 5.41) is 13.1. The van der Waals surface area contributed by atoms with E-state index in [1.807, 2.05) is 18.3 Å². The lowest BCUT2D eigenvalue weighted by molar-refractivity contribution is -0.159. The molecule has 31 heavy (non-hydrogen) atoms. The second-order valence-corrected chi connectivity index (χ2v) is 8.82. The highest BCUT2D eigenvalue weighted by atomic mass is 16.3. The van der Waals surface area contributed by atoms with Gasteiger partial charge >= 0.3 is 6.03 Å². The van der Waals surface area contributed by atoms with Crippen LogP contribution in [-0.2, 0) is 4.79 Å². The number of urea groups is 1. The van der Waals surface area contributed by atoms with Crippen LogP contribution in [0.2, 0.25) is 0 Å². The van der Waals surface area contributed by atoms with Crippen molar-refractivity contribution >= 4 is 11.9 Å². The number of amides is 3. The van der Waals surface area contributed by atoms with Crippen molar-refractivity contribution in [2.24, 2.45) is 0 Å². The zero-order chi connectivity index (χ0) is 21.4. The molecule has 3 amide bonds. The Hall–Kier alpha value is -2.93. The molecule has 0 spiro atoms. The van der Waals surface area contributed by atoms with Crippen LogP contribution < -0.4 is 5.32 Å². The number of hydrogen-bond acceptors (Lipinski definition) is 4. The van der Waals surface area contributed by atoms with Crippen molar-refractivity contribution in [1.82, 2.24) is 20.1 Å². The van der Waals surface area contributed by atoms with Gasteiger partial charge in [0.15, 0.2) is 0 Å². The largest absolute Gasteiger partial charge is 0.394 e. The average molecular weight is 421 g/mol. The highest BCUT2D eigenvalue weighted by Gasteiger charge is 2.54. The van der Waals surface area contributed by atoms with Crippen molar-refractivity contribution in [3.8, 4) is 11.1 Å². The molecular weight excluding hydrogens is 392 g/mol. The van der Waals surface area contributed by atoms with E-state index in [1.54, 1.807) is 16.0 Å². The highest BCUT2D eigenvalue weighted by Crippen LogP contribution is 2.43. The third-order valence-corrected chi connectivity index (χ3v) is 7.01. The fourth-order valence-corrected chi connectivity index (χ4v) is 5.42. The second kappa shape index (κ2) is 8.30. The predicted octanol–water partition coefficient (Wildman–Crippen LogP) is 2.37. The maximum Gasteiger partial charge on any atom is 0.318 e. The van der Waals surface area contributed by atoms with E-state index in [4.69, 9.17) is 0 Å². The lowest BCUT2D eigenvalue weighted by Gasteiger charge is -2.58. The van der Waals surface area contributed by atoms with Gasteiger partial charge in [0.05, 0.1) is 18.7 Å². The Labute approximate surface area is 182 Å². The number of pyridine rings is 1. The number of piperazine rings is 1. The Bertz CT molecular complexity index is 943. The van der Waals surface area contributed by atoms with Crippen LogP contribution in [0.5, 0.6) is 0 Å². The van der Waals surface area contributed by atoms with Gasteiger partial charge in [-0.05, 0) is 35.6 Å². The summed E-state index contributed by atoms with van der Waals surface area (Å²) in [4.78, 5) is 33.1. The Morgan fingerprint density at radius 1 is 1.13 bits per heavy atom. The first-order chi connectivity index (χ1) is 15.2. The monoisotopic (exact) mass is 420 g/mol. The number of nitrogens with one attached hydrogen (secondary N) is 1. The quantitative estimate of drug-likeness (QED) is 0.795. The summed E-state index contributed by atoms with van der Waals surface area (Å²) in [7, 11) is 0. The predicted molar refractivity (Wildman–Crippen MR) is 116 cm³/mol.